The average Bonchev–Trinajstić information content (AvgIpc) is 2.70. The Morgan fingerprint density at radius 1 is 1.29 bits per heavy atom. The van der Waals surface area contributed by atoms with Gasteiger partial charge in [0.15, 0.2) is 0 Å². The van der Waals surface area contributed by atoms with Gasteiger partial charge < -0.3 is 5.11 Å². The number of hydrogen-bond donors (Lipinski definition) is 1. The molecule has 2 rings (SSSR count). The summed E-state index contributed by atoms with van der Waals surface area (Å²) in [5.74, 6) is -1.00. The van der Waals surface area contributed by atoms with Gasteiger partial charge in [0.2, 0.25) is 0 Å². The van der Waals surface area contributed by atoms with Gasteiger partial charge in [0.05, 0.1) is 5.56 Å². The van der Waals surface area contributed by atoms with E-state index in [-0.39, 0.29) is 5.56 Å². The van der Waals surface area contributed by atoms with E-state index >= 15 is 0 Å². The molecule has 0 saturated carbocycles. The number of benzene rings is 1. The second-order valence-corrected chi connectivity index (χ2v) is 2.75. The van der Waals surface area contributed by atoms with E-state index < -0.39 is 5.97 Å². The van der Waals surface area contributed by atoms with Crippen LogP contribution in [0.25, 0.3) is 0 Å². The van der Waals surface area contributed by atoms with Gasteiger partial charge in [-0.15, -0.1) is 5.23 Å². The Morgan fingerprint density at radius 3 is 2.57 bits per heavy atom. The van der Waals surface area contributed by atoms with E-state index in [4.69, 9.17) is 14.8 Å². The highest BCUT2D eigenvalue weighted by molar-refractivity contribution is 5.93. The van der Waals surface area contributed by atoms with Crippen LogP contribution in [-0.2, 0) is 9.68 Å². The van der Waals surface area contributed by atoms with E-state index in [2.05, 4.69) is 0 Å². The highest BCUT2D eigenvalue weighted by Gasteiger charge is 2.20. The molecule has 5 nitrogen and oxygen atoms in total. The van der Waals surface area contributed by atoms with E-state index in [9.17, 15) is 4.79 Å². The second kappa shape index (κ2) is 3.65. The van der Waals surface area contributed by atoms with Crippen molar-refractivity contribution < 1.29 is 19.6 Å². The highest BCUT2D eigenvalue weighted by atomic mass is 17.0. The van der Waals surface area contributed by atoms with Crippen LogP contribution in [0.5, 0.6) is 0 Å². The minimum atomic E-state index is -1.00. The molecule has 1 aromatic rings. The lowest BCUT2D eigenvalue weighted by Gasteiger charge is -2.15. The molecule has 5 heteroatoms. The number of rotatable bonds is 2. The molecule has 0 aromatic heterocycles. The van der Waals surface area contributed by atoms with Crippen LogP contribution in [0.4, 0.5) is 5.69 Å². The van der Waals surface area contributed by atoms with Gasteiger partial charge >= 0.3 is 5.97 Å². The molecule has 1 saturated heterocycles. The molecule has 0 aliphatic carbocycles. The van der Waals surface area contributed by atoms with Crippen LogP contribution in [0, 0.1) is 0 Å². The third-order valence-corrected chi connectivity index (χ3v) is 1.83. The summed E-state index contributed by atoms with van der Waals surface area (Å²) in [6.45, 7) is 0.877. The first-order valence-corrected chi connectivity index (χ1v) is 4.17. The molecule has 0 bridgehead atoms. The molecule has 0 atom stereocenters. The monoisotopic (exact) mass is 195 g/mol. The van der Waals surface area contributed by atoms with Crippen LogP contribution in [0.1, 0.15) is 10.4 Å². The Hall–Kier alpha value is -1.59. The zero-order valence-electron chi connectivity index (χ0n) is 7.34. The Bertz CT molecular complexity index is 346. The van der Waals surface area contributed by atoms with Crippen LogP contribution in [0.2, 0.25) is 0 Å². The third kappa shape index (κ3) is 1.55. The largest absolute Gasteiger partial charge is 0.478 e. The fraction of sp³-hybridized carbons (Fsp3) is 0.222. The maximum Gasteiger partial charge on any atom is 0.337 e. The minimum absolute atomic E-state index is 0.161. The summed E-state index contributed by atoms with van der Waals surface area (Å²) in [5.41, 5.74) is 0.576. The molecule has 14 heavy (non-hydrogen) atoms. The molecule has 0 spiro atoms. The minimum Gasteiger partial charge on any atom is -0.478 e. The third-order valence-electron chi connectivity index (χ3n) is 1.83. The summed E-state index contributed by atoms with van der Waals surface area (Å²) in [5, 5.41) is 10.0. The number of carboxylic acids is 1. The molecule has 0 amide bonds. The first-order chi connectivity index (χ1) is 6.79. The van der Waals surface area contributed by atoms with Crippen molar-refractivity contribution >= 4 is 11.7 Å². The molecule has 1 aliphatic rings. The van der Waals surface area contributed by atoms with Crippen molar-refractivity contribution in [1.82, 2.24) is 0 Å². The Morgan fingerprint density at radius 2 is 1.93 bits per heavy atom. The van der Waals surface area contributed by atoms with Gasteiger partial charge in [-0.05, 0) is 12.1 Å². The lowest BCUT2D eigenvalue weighted by molar-refractivity contribution is 0.0227. The van der Waals surface area contributed by atoms with Gasteiger partial charge in [-0.1, -0.05) is 12.1 Å². The number of anilines is 1. The average molecular weight is 195 g/mol. The van der Waals surface area contributed by atoms with Crippen LogP contribution < -0.4 is 5.23 Å². The van der Waals surface area contributed by atoms with Crippen molar-refractivity contribution in [2.75, 3.05) is 18.4 Å². The van der Waals surface area contributed by atoms with Crippen molar-refractivity contribution in [2.45, 2.75) is 0 Å². The summed E-state index contributed by atoms with van der Waals surface area (Å²) < 4.78 is 0. The van der Waals surface area contributed by atoms with Gasteiger partial charge in [0.25, 0.3) is 0 Å². The molecular formula is C9H9NO4. The van der Waals surface area contributed by atoms with Crippen molar-refractivity contribution in [2.24, 2.45) is 0 Å². The predicted molar refractivity (Wildman–Crippen MR) is 47.8 cm³/mol. The quantitative estimate of drug-likeness (QED) is 0.764. The van der Waals surface area contributed by atoms with Crippen LogP contribution in [0.3, 0.4) is 0 Å². The fourth-order valence-corrected chi connectivity index (χ4v) is 1.23. The number of aromatic carboxylic acids is 1. The molecule has 1 heterocycles. The fourth-order valence-electron chi connectivity index (χ4n) is 1.23. The SMILES string of the molecule is O=C(O)c1ccccc1N1OCCO1. The summed E-state index contributed by atoms with van der Waals surface area (Å²) >= 11 is 0. The van der Waals surface area contributed by atoms with Gasteiger partial charge in [-0.25, -0.2) is 14.5 Å². The Labute approximate surface area is 80.4 Å². The predicted octanol–water partition coefficient (Wildman–Crippen LogP) is 1.07. The molecule has 1 N–H and O–H groups in total. The zero-order valence-corrected chi connectivity index (χ0v) is 7.34. The summed E-state index contributed by atoms with van der Waals surface area (Å²) in [7, 11) is 0. The number of nitrogens with zero attached hydrogens (tertiary/aromatic N) is 1. The van der Waals surface area contributed by atoms with Crippen molar-refractivity contribution in [1.29, 1.82) is 0 Å². The highest BCUT2D eigenvalue weighted by Crippen LogP contribution is 2.22. The van der Waals surface area contributed by atoms with E-state index in [0.717, 1.165) is 5.23 Å². The van der Waals surface area contributed by atoms with Crippen molar-refractivity contribution in [3.05, 3.63) is 29.8 Å². The topological polar surface area (TPSA) is 59.0 Å². The number of carboxylic acid groups (broad SMARTS) is 1. The van der Waals surface area contributed by atoms with Crippen molar-refractivity contribution in [3.63, 3.8) is 0 Å². The van der Waals surface area contributed by atoms with Gasteiger partial charge in [0.1, 0.15) is 18.9 Å². The van der Waals surface area contributed by atoms with Crippen LogP contribution in [0.15, 0.2) is 24.3 Å². The zero-order chi connectivity index (χ0) is 9.97. The maximum absolute atomic E-state index is 10.8. The van der Waals surface area contributed by atoms with E-state index in [1.807, 2.05) is 0 Å². The first kappa shape index (κ1) is 8.98. The summed E-state index contributed by atoms with van der Waals surface area (Å²) in [4.78, 5) is 21.0. The molecule has 0 unspecified atom stereocenters. The normalized spacial score (nSPS) is 15.9. The molecule has 0 radical (unpaired) electrons. The van der Waals surface area contributed by atoms with Gasteiger partial charge in [-0.3, -0.25) is 0 Å². The molecular weight excluding hydrogens is 186 g/mol. The molecule has 1 aliphatic heterocycles. The Balaban J connectivity index is 2.35. The van der Waals surface area contributed by atoms with E-state index in [1.54, 1.807) is 18.2 Å². The lowest BCUT2D eigenvalue weighted by Crippen LogP contribution is -2.17. The lowest BCUT2D eigenvalue weighted by atomic mass is 10.2. The molecule has 1 fully saturated rings. The number of hydrogen-bond acceptors (Lipinski definition) is 4. The summed E-state index contributed by atoms with van der Waals surface area (Å²) in [6.07, 6.45) is 0. The van der Waals surface area contributed by atoms with E-state index in [0.29, 0.717) is 18.9 Å². The van der Waals surface area contributed by atoms with Crippen LogP contribution in [-0.4, -0.2) is 24.3 Å². The smallest absolute Gasteiger partial charge is 0.337 e. The maximum atomic E-state index is 10.8. The molecule has 74 valence electrons. The summed E-state index contributed by atoms with van der Waals surface area (Å²) in [6, 6.07) is 6.52. The van der Waals surface area contributed by atoms with Crippen molar-refractivity contribution in [3.8, 4) is 0 Å². The first-order valence-electron chi connectivity index (χ1n) is 4.17. The standard InChI is InChI=1S/C9H9NO4/c11-9(12)7-3-1-2-4-8(7)10-13-5-6-14-10/h1-4H,5-6H2,(H,11,12). The second-order valence-electron chi connectivity index (χ2n) is 2.75. The number of para-hydroxylation sites is 1. The van der Waals surface area contributed by atoms with Crippen LogP contribution >= 0.6 is 0 Å². The van der Waals surface area contributed by atoms with Gasteiger partial charge in [-0.2, -0.15) is 0 Å². The van der Waals surface area contributed by atoms with Gasteiger partial charge in [0, 0.05) is 0 Å². The number of carbonyl (C=O) groups is 1. The molecule has 1 aromatic carbocycles. The Kier molecular flexibility index (Phi) is 2.34. The van der Waals surface area contributed by atoms with E-state index in [1.165, 1.54) is 6.07 Å².